The molecule has 7 heteroatoms. The lowest BCUT2D eigenvalue weighted by atomic mass is 10.1. The monoisotopic (exact) mass is 383 g/mol. The van der Waals surface area contributed by atoms with E-state index in [1.165, 1.54) is 11.3 Å². The van der Waals surface area contributed by atoms with E-state index in [2.05, 4.69) is 15.6 Å². The Morgan fingerprint density at radius 3 is 2.63 bits per heavy atom. The maximum Gasteiger partial charge on any atom is 0.267 e. The number of thiazole rings is 1. The Morgan fingerprint density at radius 2 is 1.93 bits per heavy atom. The normalized spacial score (nSPS) is 10.5. The highest BCUT2D eigenvalue weighted by atomic mass is 32.1. The van der Waals surface area contributed by atoms with E-state index >= 15 is 0 Å². The van der Waals surface area contributed by atoms with Crippen LogP contribution >= 0.6 is 11.3 Å². The van der Waals surface area contributed by atoms with Gasteiger partial charge in [0, 0.05) is 12.1 Å². The minimum atomic E-state index is -0.248. The van der Waals surface area contributed by atoms with Gasteiger partial charge in [-0.15, -0.1) is 0 Å². The summed E-state index contributed by atoms with van der Waals surface area (Å²) in [6, 6.07) is 11.1. The molecule has 0 saturated carbocycles. The van der Waals surface area contributed by atoms with E-state index < -0.39 is 0 Å². The number of phenolic OH excluding ortho intramolecular Hbond substituents is 1. The van der Waals surface area contributed by atoms with E-state index in [4.69, 9.17) is 4.74 Å². The predicted molar refractivity (Wildman–Crippen MR) is 108 cm³/mol. The molecule has 0 atom stereocenters. The van der Waals surface area contributed by atoms with Gasteiger partial charge in [0.1, 0.15) is 16.4 Å². The first-order chi connectivity index (χ1) is 13.0. The number of methoxy groups -OCH3 is 1. The van der Waals surface area contributed by atoms with Crippen LogP contribution in [-0.2, 0) is 6.54 Å². The third kappa shape index (κ3) is 4.38. The number of anilines is 2. The van der Waals surface area contributed by atoms with Gasteiger partial charge in [-0.3, -0.25) is 4.79 Å². The fraction of sp³-hybridized carbons (Fsp3) is 0.200. The maximum absolute atomic E-state index is 12.5. The molecule has 0 aliphatic carbocycles. The Morgan fingerprint density at radius 1 is 1.19 bits per heavy atom. The van der Waals surface area contributed by atoms with Crippen molar-refractivity contribution in [3.8, 4) is 11.5 Å². The number of nitrogens with zero attached hydrogens (tertiary/aromatic N) is 1. The Kier molecular flexibility index (Phi) is 5.61. The Bertz CT molecular complexity index is 952. The van der Waals surface area contributed by atoms with Crippen molar-refractivity contribution >= 4 is 28.1 Å². The fourth-order valence-electron chi connectivity index (χ4n) is 2.59. The van der Waals surface area contributed by atoms with Gasteiger partial charge in [-0.1, -0.05) is 29.5 Å². The van der Waals surface area contributed by atoms with Crippen molar-refractivity contribution < 1.29 is 14.6 Å². The molecule has 0 bridgehead atoms. The standard InChI is InChI=1S/C20H21N3O3S/c1-12-4-9-16(24)13(2)18(12)23-19(25)17-11-22-20(27-17)21-10-14-5-7-15(26-3)8-6-14/h4-9,11,24H,10H2,1-3H3,(H,21,22)(H,23,25). The average molecular weight is 383 g/mol. The van der Waals surface area contributed by atoms with Crippen LogP contribution in [-0.4, -0.2) is 23.1 Å². The minimum absolute atomic E-state index is 0.155. The number of carbonyl (C=O) groups excluding carboxylic acids is 1. The van der Waals surface area contributed by atoms with Crippen LogP contribution in [0.3, 0.4) is 0 Å². The molecule has 0 fully saturated rings. The van der Waals surface area contributed by atoms with E-state index in [-0.39, 0.29) is 11.7 Å². The van der Waals surface area contributed by atoms with Gasteiger partial charge >= 0.3 is 0 Å². The largest absolute Gasteiger partial charge is 0.508 e. The van der Waals surface area contributed by atoms with Crippen LogP contribution in [0.25, 0.3) is 0 Å². The fourth-order valence-corrected chi connectivity index (χ4v) is 3.29. The quantitative estimate of drug-likeness (QED) is 0.590. The summed E-state index contributed by atoms with van der Waals surface area (Å²) in [5, 5.41) is 16.6. The van der Waals surface area contributed by atoms with Crippen LogP contribution in [0.15, 0.2) is 42.6 Å². The van der Waals surface area contributed by atoms with Crippen LogP contribution in [0, 0.1) is 13.8 Å². The first-order valence-corrected chi connectivity index (χ1v) is 9.22. The van der Waals surface area contributed by atoms with Crippen LogP contribution in [0.4, 0.5) is 10.8 Å². The van der Waals surface area contributed by atoms with Crippen molar-refractivity contribution in [2.75, 3.05) is 17.7 Å². The van der Waals surface area contributed by atoms with E-state index in [9.17, 15) is 9.90 Å². The van der Waals surface area contributed by atoms with E-state index in [1.54, 1.807) is 32.4 Å². The molecule has 1 heterocycles. The number of carbonyl (C=O) groups is 1. The van der Waals surface area contributed by atoms with Gasteiger partial charge < -0.3 is 20.5 Å². The molecular weight excluding hydrogens is 362 g/mol. The highest BCUT2D eigenvalue weighted by molar-refractivity contribution is 7.17. The Labute approximate surface area is 161 Å². The molecule has 27 heavy (non-hydrogen) atoms. The molecule has 1 aromatic heterocycles. The highest BCUT2D eigenvalue weighted by Crippen LogP contribution is 2.29. The number of amides is 1. The van der Waals surface area contributed by atoms with Crippen molar-refractivity contribution in [3.05, 3.63) is 64.2 Å². The smallest absolute Gasteiger partial charge is 0.267 e. The topological polar surface area (TPSA) is 83.5 Å². The first kappa shape index (κ1) is 18.7. The number of benzene rings is 2. The van der Waals surface area contributed by atoms with Gasteiger partial charge in [0.25, 0.3) is 5.91 Å². The Hall–Kier alpha value is -3.06. The van der Waals surface area contributed by atoms with E-state index in [0.717, 1.165) is 16.9 Å². The number of rotatable bonds is 6. The van der Waals surface area contributed by atoms with Crippen LogP contribution in [0.5, 0.6) is 11.5 Å². The number of aromatic nitrogens is 1. The van der Waals surface area contributed by atoms with Crippen LogP contribution in [0.1, 0.15) is 26.4 Å². The lowest BCUT2D eigenvalue weighted by molar-refractivity contribution is 0.103. The lowest BCUT2D eigenvalue weighted by Gasteiger charge is -2.11. The van der Waals surface area contributed by atoms with Crippen molar-refractivity contribution in [1.29, 1.82) is 0 Å². The molecule has 3 rings (SSSR count). The van der Waals surface area contributed by atoms with Gasteiger partial charge in [0.2, 0.25) is 0 Å². The number of aromatic hydroxyl groups is 1. The van der Waals surface area contributed by atoms with Crippen LogP contribution in [0.2, 0.25) is 0 Å². The summed E-state index contributed by atoms with van der Waals surface area (Å²) >= 11 is 1.28. The van der Waals surface area contributed by atoms with Gasteiger partial charge in [0.05, 0.1) is 19.0 Å². The Balaban J connectivity index is 1.64. The highest BCUT2D eigenvalue weighted by Gasteiger charge is 2.14. The molecule has 3 N–H and O–H groups in total. The second-order valence-electron chi connectivity index (χ2n) is 6.09. The van der Waals surface area contributed by atoms with E-state index in [1.807, 2.05) is 31.2 Å². The molecular formula is C20H21N3O3S. The molecule has 0 radical (unpaired) electrons. The zero-order chi connectivity index (χ0) is 19.4. The zero-order valence-corrected chi connectivity index (χ0v) is 16.2. The minimum Gasteiger partial charge on any atom is -0.508 e. The third-order valence-corrected chi connectivity index (χ3v) is 5.17. The number of hydrogen-bond acceptors (Lipinski definition) is 6. The molecule has 6 nitrogen and oxygen atoms in total. The summed E-state index contributed by atoms with van der Waals surface area (Å²) in [6.07, 6.45) is 1.55. The van der Waals surface area contributed by atoms with Gasteiger partial charge in [-0.05, 0) is 43.2 Å². The molecule has 3 aromatic rings. The zero-order valence-electron chi connectivity index (χ0n) is 15.4. The average Bonchev–Trinajstić information content (AvgIpc) is 3.16. The second kappa shape index (κ2) is 8.09. The van der Waals surface area contributed by atoms with Gasteiger partial charge in [0.15, 0.2) is 5.13 Å². The SMILES string of the molecule is COc1ccc(CNc2ncc(C(=O)Nc3c(C)ccc(O)c3C)s2)cc1. The molecule has 140 valence electrons. The predicted octanol–water partition coefficient (Wildman–Crippen LogP) is 4.34. The molecule has 1 amide bonds. The van der Waals surface area contributed by atoms with Crippen molar-refractivity contribution in [1.82, 2.24) is 4.98 Å². The summed E-state index contributed by atoms with van der Waals surface area (Å²) in [5.41, 5.74) is 3.25. The maximum atomic E-state index is 12.5. The third-order valence-electron chi connectivity index (χ3n) is 4.22. The van der Waals surface area contributed by atoms with Crippen molar-refractivity contribution in [3.63, 3.8) is 0 Å². The van der Waals surface area contributed by atoms with Gasteiger partial charge in [-0.25, -0.2) is 4.98 Å². The van der Waals surface area contributed by atoms with E-state index in [0.29, 0.717) is 27.8 Å². The number of hydrogen-bond donors (Lipinski definition) is 3. The second-order valence-corrected chi connectivity index (χ2v) is 7.12. The number of aryl methyl sites for hydroxylation is 1. The molecule has 0 spiro atoms. The summed E-state index contributed by atoms with van der Waals surface area (Å²) in [7, 11) is 1.63. The first-order valence-electron chi connectivity index (χ1n) is 8.41. The van der Waals surface area contributed by atoms with Gasteiger partial charge in [-0.2, -0.15) is 0 Å². The number of phenols is 1. The molecule has 0 aliphatic rings. The summed E-state index contributed by atoms with van der Waals surface area (Å²) in [4.78, 5) is 17.3. The van der Waals surface area contributed by atoms with Crippen molar-refractivity contribution in [2.45, 2.75) is 20.4 Å². The number of ether oxygens (including phenoxy) is 1. The summed E-state index contributed by atoms with van der Waals surface area (Å²) < 4.78 is 5.14. The van der Waals surface area contributed by atoms with Crippen LogP contribution < -0.4 is 15.4 Å². The number of nitrogens with one attached hydrogen (secondary N) is 2. The molecule has 0 aliphatic heterocycles. The molecule has 0 saturated heterocycles. The molecule has 0 unspecified atom stereocenters. The lowest BCUT2D eigenvalue weighted by Crippen LogP contribution is -2.12. The molecule has 2 aromatic carbocycles. The summed E-state index contributed by atoms with van der Waals surface area (Å²) in [5.74, 6) is 0.716. The van der Waals surface area contributed by atoms with Crippen molar-refractivity contribution in [2.24, 2.45) is 0 Å². The summed E-state index contributed by atoms with van der Waals surface area (Å²) in [6.45, 7) is 4.26.